The molecule has 17 heavy (non-hydrogen) atoms. The second kappa shape index (κ2) is 3.25. The Balaban J connectivity index is 1.94. The Hall–Kier alpha value is -0.570. The topological polar surface area (TPSA) is 40.5 Å². The zero-order chi connectivity index (χ0) is 12.4. The van der Waals surface area contributed by atoms with Gasteiger partial charge in [0.25, 0.3) is 0 Å². The summed E-state index contributed by atoms with van der Waals surface area (Å²) in [7, 11) is 0. The van der Waals surface area contributed by atoms with Crippen LogP contribution in [0.3, 0.4) is 0 Å². The highest BCUT2D eigenvalue weighted by atomic mass is 16.3. The third-order valence-electron chi connectivity index (χ3n) is 5.50. The summed E-state index contributed by atoms with van der Waals surface area (Å²) < 4.78 is 0. The number of fused-ring (bicyclic) bond motifs is 3. The zero-order valence-corrected chi connectivity index (χ0v) is 11.1. The van der Waals surface area contributed by atoms with E-state index in [1.54, 1.807) is 0 Å². The van der Waals surface area contributed by atoms with Crippen LogP contribution in [0.1, 0.15) is 52.9 Å². The summed E-state index contributed by atoms with van der Waals surface area (Å²) in [5, 5.41) is 10.6. The molecular formula is C14H23NO2. The molecule has 1 N–H and O–H groups in total. The highest BCUT2D eigenvalue weighted by Crippen LogP contribution is 2.55. The summed E-state index contributed by atoms with van der Waals surface area (Å²) in [6.07, 6.45) is 4.48. The van der Waals surface area contributed by atoms with Crippen molar-refractivity contribution in [1.82, 2.24) is 4.90 Å². The second-order valence-electron chi connectivity index (χ2n) is 7.12. The predicted octanol–water partition coefficient (Wildman–Crippen LogP) is 1.94. The van der Waals surface area contributed by atoms with Crippen molar-refractivity contribution < 1.29 is 9.90 Å². The van der Waals surface area contributed by atoms with Gasteiger partial charge in [0.1, 0.15) is 0 Å². The van der Waals surface area contributed by atoms with Gasteiger partial charge in [0.2, 0.25) is 5.91 Å². The van der Waals surface area contributed by atoms with Gasteiger partial charge in [-0.2, -0.15) is 0 Å². The Kier molecular flexibility index (Phi) is 2.20. The lowest BCUT2D eigenvalue weighted by Gasteiger charge is -2.55. The van der Waals surface area contributed by atoms with Crippen LogP contribution in [-0.2, 0) is 4.79 Å². The fourth-order valence-electron chi connectivity index (χ4n) is 4.41. The highest BCUT2D eigenvalue weighted by Gasteiger charge is 2.58. The molecular weight excluding hydrogens is 214 g/mol. The fraction of sp³-hybridized carbons (Fsp3) is 0.929. The normalized spacial score (nSPS) is 48.1. The summed E-state index contributed by atoms with van der Waals surface area (Å²) in [6, 6.07) is 0.472. The van der Waals surface area contributed by atoms with Crippen LogP contribution in [0.5, 0.6) is 0 Å². The van der Waals surface area contributed by atoms with E-state index >= 15 is 0 Å². The number of hydrogen-bond donors (Lipinski definition) is 1. The molecule has 4 atom stereocenters. The van der Waals surface area contributed by atoms with Crippen molar-refractivity contribution in [1.29, 1.82) is 0 Å². The number of amides is 1. The lowest BCUT2D eigenvalue weighted by atomic mass is 9.57. The summed E-state index contributed by atoms with van der Waals surface area (Å²) in [6.45, 7) is 6.51. The average molecular weight is 237 g/mol. The van der Waals surface area contributed by atoms with Crippen LogP contribution in [0.2, 0.25) is 0 Å². The van der Waals surface area contributed by atoms with Gasteiger partial charge in [-0.05, 0) is 43.9 Å². The molecule has 0 aromatic heterocycles. The molecule has 0 aromatic carbocycles. The van der Waals surface area contributed by atoms with E-state index in [2.05, 4.69) is 13.8 Å². The Morgan fingerprint density at radius 3 is 2.65 bits per heavy atom. The van der Waals surface area contributed by atoms with Crippen molar-refractivity contribution in [2.75, 3.05) is 0 Å². The first-order chi connectivity index (χ1) is 7.83. The molecule has 1 amide bonds. The van der Waals surface area contributed by atoms with E-state index in [1.807, 2.05) is 11.8 Å². The molecule has 0 bridgehead atoms. The van der Waals surface area contributed by atoms with Crippen LogP contribution in [0.15, 0.2) is 0 Å². The molecule has 3 rings (SSSR count). The molecule has 0 unspecified atom stereocenters. The maximum absolute atomic E-state index is 12.1. The molecule has 0 aromatic rings. The molecule has 0 spiro atoms. The molecule has 1 aliphatic carbocycles. The van der Waals surface area contributed by atoms with E-state index in [0.717, 1.165) is 25.7 Å². The Labute approximate surface area is 103 Å². The van der Waals surface area contributed by atoms with E-state index < -0.39 is 5.60 Å². The molecule has 96 valence electrons. The van der Waals surface area contributed by atoms with Crippen LogP contribution in [-0.4, -0.2) is 33.6 Å². The quantitative estimate of drug-likeness (QED) is 0.699. The number of nitrogens with zero attached hydrogens (tertiary/aromatic N) is 1. The minimum atomic E-state index is -0.681. The molecule has 2 saturated heterocycles. The first kappa shape index (κ1) is 11.5. The van der Waals surface area contributed by atoms with Gasteiger partial charge in [-0.1, -0.05) is 13.8 Å². The van der Waals surface area contributed by atoms with Gasteiger partial charge in [0, 0.05) is 12.5 Å². The third kappa shape index (κ3) is 1.48. The zero-order valence-electron chi connectivity index (χ0n) is 11.1. The number of rotatable bonds is 0. The Morgan fingerprint density at radius 2 is 2.00 bits per heavy atom. The van der Waals surface area contributed by atoms with E-state index in [0.29, 0.717) is 23.8 Å². The first-order valence-electron chi connectivity index (χ1n) is 6.86. The van der Waals surface area contributed by atoms with Crippen molar-refractivity contribution in [2.45, 2.75) is 70.6 Å². The van der Waals surface area contributed by atoms with Gasteiger partial charge in [-0.3, -0.25) is 4.79 Å². The number of hydrogen-bond acceptors (Lipinski definition) is 2. The minimum absolute atomic E-state index is 0.0705. The van der Waals surface area contributed by atoms with E-state index in [9.17, 15) is 9.90 Å². The SMILES string of the molecule is CC1(C)C[C@H]2[C@H]1CC[C@@](C)(O)[C@@H]1CCC(=O)N12. The smallest absolute Gasteiger partial charge is 0.223 e. The highest BCUT2D eigenvalue weighted by molar-refractivity contribution is 5.79. The maximum Gasteiger partial charge on any atom is 0.223 e. The summed E-state index contributed by atoms with van der Waals surface area (Å²) >= 11 is 0. The summed E-state index contributed by atoms with van der Waals surface area (Å²) in [5.41, 5.74) is -0.335. The number of carbonyl (C=O) groups excluding carboxylic acids is 1. The number of carbonyl (C=O) groups is 1. The minimum Gasteiger partial charge on any atom is -0.388 e. The van der Waals surface area contributed by atoms with Crippen molar-refractivity contribution in [2.24, 2.45) is 11.3 Å². The van der Waals surface area contributed by atoms with Crippen molar-refractivity contribution >= 4 is 5.91 Å². The average Bonchev–Trinajstić information content (AvgIpc) is 2.52. The lowest BCUT2D eigenvalue weighted by molar-refractivity contribution is -0.144. The van der Waals surface area contributed by atoms with Crippen molar-refractivity contribution in [3.8, 4) is 0 Å². The second-order valence-corrected chi connectivity index (χ2v) is 7.12. The predicted molar refractivity (Wildman–Crippen MR) is 65.4 cm³/mol. The van der Waals surface area contributed by atoms with E-state index in [-0.39, 0.29) is 11.9 Å². The van der Waals surface area contributed by atoms with Crippen molar-refractivity contribution in [3.63, 3.8) is 0 Å². The third-order valence-corrected chi connectivity index (χ3v) is 5.50. The molecule has 3 fully saturated rings. The molecule has 3 nitrogen and oxygen atoms in total. The van der Waals surface area contributed by atoms with Crippen LogP contribution in [0, 0.1) is 11.3 Å². The molecule has 3 heteroatoms. The molecule has 1 saturated carbocycles. The first-order valence-corrected chi connectivity index (χ1v) is 6.86. The van der Waals surface area contributed by atoms with Gasteiger partial charge in [0.15, 0.2) is 0 Å². The van der Waals surface area contributed by atoms with Crippen LogP contribution in [0.4, 0.5) is 0 Å². The van der Waals surface area contributed by atoms with Gasteiger partial charge < -0.3 is 10.0 Å². The Morgan fingerprint density at radius 1 is 1.29 bits per heavy atom. The standard InChI is InChI=1S/C14H23NO2/c1-13(2)8-10-9(13)6-7-14(3,17)11-4-5-12(16)15(10)11/h9-11,17H,4-8H2,1-3H3/t9-,10+,11+,14-/m1/s1. The largest absolute Gasteiger partial charge is 0.388 e. The monoisotopic (exact) mass is 237 g/mol. The molecule has 2 heterocycles. The van der Waals surface area contributed by atoms with E-state index in [1.165, 1.54) is 0 Å². The van der Waals surface area contributed by atoms with Gasteiger partial charge >= 0.3 is 0 Å². The van der Waals surface area contributed by atoms with Crippen molar-refractivity contribution in [3.05, 3.63) is 0 Å². The van der Waals surface area contributed by atoms with Crippen LogP contribution < -0.4 is 0 Å². The summed E-state index contributed by atoms with van der Waals surface area (Å²) in [4.78, 5) is 14.1. The maximum atomic E-state index is 12.1. The molecule has 0 radical (unpaired) electrons. The fourth-order valence-corrected chi connectivity index (χ4v) is 4.41. The van der Waals surface area contributed by atoms with E-state index in [4.69, 9.17) is 0 Å². The van der Waals surface area contributed by atoms with Gasteiger partial charge in [0.05, 0.1) is 11.6 Å². The van der Waals surface area contributed by atoms with Crippen LogP contribution >= 0.6 is 0 Å². The van der Waals surface area contributed by atoms with Gasteiger partial charge in [-0.25, -0.2) is 0 Å². The number of aliphatic hydroxyl groups is 1. The lowest BCUT2D eigenvalue weighted by Crippen LogP contribution is -2.59. The molecule has 3 aliphatic rings. The summed E-state index contributed by atoms with van der Waals surface area (Å²) in [5.74, 6) is 0.851. The van der Waals surface area contributed by atoms with Crippen LogP contribution in [0.25, 0.3) is 0 Å². The van der Waals surface area contributed by atoms with Gasteiger partial charge in [-0.15, -0.1) is 0 Å². The Bertz CT molecular complexity index is 361. The molecule has 2 aliphatic heterocycles.